The van der Waals surface area contributed by atoms with E-state index in [9.17, 15) is 9.59 Å². The molecule has 7 heteroatoms. The molecular formula is C29H25N3O4. The number of fused-ring (bicyclic) bond motifs is 1. The number of pyridine rings is 1. The number of aromatic nitrogens is 1. The van der Waals surface area contributed by atoms with E-state index in [1.165, 1.54) is 7.11 Å². The van der Waals surface area contributed by atoms with Crippen molar-refractivity contribution in [1.29, 1.82) is 0 Å². The molecule has 1 aromatic heterocycles. The number of benzene rings is 3. The summed E-state index contributed by atoms with van der Waals surface area (Å²) >= 11 is 0. The second-order valence-electron chi connectivity index (χ2n) is 8.40. The Morgan fingerprint density at radius 1 is 0.944 bits per heavy atom. The Hall–Kier alpha value is -4.65. The van der Waals surface area contributed by atoms with Gasteiger partial charge < -0.3 is 14.8 Å². The first kappa shape index (κ1) is 23.1. The van der Waals surface area contributed by atoms with Crippen LogP contribution in [-0.2, 0) is 11.2 Å². The number of rotatable bonds is 5. The molecule has 4 aromatic rings. The molecule has 7 nitrogen and oxygen atoms in total. The van der Waals surface area contributed by atoms with Gasteiger partial charge in [-0.1, -0.05) is 54.6 Å². The lowest BCUT2D eigenvalue weighted by molar-refractivity contribution is 0.0600. The van der Waals surface area contributed by atoms with E-state index in [0.717, 1.165) is 27.9 Å². The minimum atomic E-state index is -0.348. The molecule has 0 spiro atoms. The number of para-hydroxylation sites is 1. The van der Waals surface area contributed by atoms with Crippen LogP contribution in [-0.4, -0.2) is 37.2 Å². The molecule has 2 amide bonds. The SMILES string of the molecule is COC(=O)c1ccc(-c2ccc(Cc3cnc4c(c3)OCCN4C(=O)Nc3ccccc3)cc2)cc1. The summed E-state index contributed by atoms with van der Waals surface area (Å²) in [7, 11) is 1.37. The highest BCUT2D eigenvalue weighted by Gasteiger charge is 2.25. The summed E-state index contributed by atoms with van der Waals surface area (Å²) in [5.41, 5.74) is 5.45. The Labute approximate surface area is 209 Å². The number of hydrogen-bond donors (Lipinski definition) is 1. The third kappa shape index (κ3) is 5.05. The summed E-state index contributed by atoms with van der Waals surface area (Å²) < 4.78 is 10.6. The van der Waals surface area contributed by atoms with Gasteiger partial charge in [0.05, 0.1) is 19.2 Å². The maximum absolute atomic E-state index is 12.8. The van der Waals surface area contributed by atoms with Crippen LogP contribution in [0.4, 0.5) is 16.3 Å². The standard InChI is InChI=1S/C29H25N3O4/c1-35-28(33)24-13-11-23(12-14-24)22-9-7-20(8-10-22)17-21-18-26-27(30-19-21)32(15-16-36-26)29(34)31-25-5-3-2-4-6-25/h2-14,18-19H,15-17H2,1H3,(H,31,34). The molecule has 0 radical (unpaired) electrons. The monoisotopic (exact) mass is 479 g/mol. The van der Waals surface area contributed by atoms with Gasteiger partial charge in [-0.3, -0.25) is 4.90 Å². The normalized spacial score (nSPS) is 12.3. The number of nitrogens with zero attached hydrogens (tertiary/aromatic N) is 2. The third-order valence-corrected chi connectivity index (χ3v) is 5.99. The minimum absolute atomic E-state index is 0.235. The highest BCUT2D eigenvalue weighted by Crippen LogP contribution is 2.31. The fourth-order valence-electron chi connectivity index (χ4n) is 4.11. The van der Waals surface area contributed by atoms with Gasteiger partial charge in [0.25, 0.3) is 0 Å². The molecule has 0 saturated heterocycles. The van der Waals surface area contributed by atoms with Crippen LogP contribution in [0.5, 0.6) is 5.75 Å². The van der Waals surface area contributed by atoms with Gasteiger partial charge in [-0.15, -0.1) is 0 Å². The molecule has 1 aliphatic heterocycles. The zero-order valence-corrected chi connectivity index (χ0v) is 19.8. The molecule has 0 bridgehead atoms. The molecule has 5 rings (SSSR count). The van der Waals surface area contributed by atoms with Crippen LogP contribution in [0.25, 0.3) is 11.1 Å². The lowest BCUT2D eigenvalue weighted by atomic mass is 10.00. The Kier molecular flexibility index (Phi) is 6.62. The van der Waals surface area contributed by atoms with Gasteiger partial charge in [-0.25, -0.2) is 14.6 Å². The lowest BCUT2D eigenvalue weighted by Crippen LogP contribution is -2.41. The van der Waals surface area contributed by atoms with E-state index in [4.69, 9.17) is 9.47 Å². The summed E-state index contributed by atoms with van der Waals surface area (Å²) in [5, 5.41) is 2.91. The van der Waals surface area contributed by atoms with Crippen LogP contribution >= 0.6 is 0 Å². The van der Waals surface area contributed by atoms with Crippen LogP contribution < -0.4 is 15.0 Å². The summed E-state index contributed by atoms with van der Waals surface area (Å²) in [6, 6.07) is 26.7. The van der Waals surface area contributed by atoms with E-state index < -0.39 is 0 Å². The van der Waals surface area contributed by atoms with Gasteiger partial charge in [-0.2, -0.15) is 0 Å². The van der Waals surface area contributed by atoms with E-state index in [-0.39, 0.29) is 12.0 Å². The lowest BCUT2D eigenvalue weighted by Gasteiger charge is -2.28. The fraction of sp³-hybridized carbons (Fsp3) is 0.138. The number of carbonyl (C=O) groups excluding carboxylic acids is 2. The fourth-order valence-corrected chi connectivity index (χ4v) is 4.11. The highest BCUT2D eigenvalue weighted by molar-refractivity contribution is 6.02. The van der Waals surface area contributed by atoms with Gasteiger partial charge in [0.15, 0.2) is 11.6 Å². The molecule has 3 aromatic carbocycles. The van der Waals surface area contributed by atoms with Gasteiger partial charge in [0.2, 0.25) is 0 Å². The average Bonchev–Trinajstić information content (AvgIpc) is 2.93. The smallest absolute Gasteiger partial charge is 0.337 e. The number of methoxy groups -OCH3 is 1. The van der Waals surface area contributed by atoms with Crippen LogP contribution in [0, 0.1) is 0 Å². The van der Waals surface area contributed by atoms with Crippen molar-refractivity contribution in [2.24, 2.45) is 0 Å². The molecule has 1 aliphatic rings. The minimum Gasteiger partial charge on any atom is -0.488 e. The molecule has 0 atom stereocenters. The number of esters is 1. The predicted molar refractivity (Wildman–Crippen MR) is 139 cm³/mol. The van der Waals surface area contributed by atoms with E-state index >= 15 is 0 Å². The van der Waals surface area contributed by atoms with E-state index in [2.05, 4.69) is 34.6 Å². The summed E-state index contributed by atoms with van der Waals surface area (Å²) in [6.45, 7) is 0.837. The van der Waals surface area contributed by atoms with Crippen molar-refractivity contribution in [3.8, 4) is 16.9 Å². The Bertz CT molecular complexity index is 1370. The van der Waals surface area contributed by atoms with Crippen molar-refractivity contribution in [3.63, 3.8) is 0 Å². The van der Waals surface area contributed by atoms with E-state index in [1.807, 2.05) is 48.5 Å². The first-order valence-corrected chi connectivity index (χ1v) is 11.6. The quantitative estimate of drug-likeness (QED) is 0.379. The number of carbonyl (C=O) groups is 2. The van der Waals surface area contributed by atoms with Crippen LogP contribution in [0.3, 0.4) is 0 Å². The second-order valence-corrected chi connectivity index (χ2v) is 8.40. The number of hydrogen-bond acceptors (Lipinski definition) is 5. The van der Waals surface area contributed by atoms with E-state index in [1.54, 1.807) is 23.2 Å². The van der Waals surface area contributed by atoms with Gasteiger partial charge in [0, 0.05) is 11.9 Å². The summed E-state index contributed by atoms with van der Waals surface area (Å²) in [6.07, 6.45) is 2.47. The molecule has 180 valence electrons. The molecule has 36 heavy (non-hydrogen) atoms. The van der Waals surface area contributed by atoms with Crippen molar-refractivity contribution in [2.45, 2.75) is 6.42 Å². The number of urea groups is 1. The summed E-state index contributed by atoms with van der Waals surface area (Å²) in [5.74, 6) is 0.771. The van der Waals surface area contributed by atoms with Crippen molar-refractivity contribution >= 4 is 23.5 Å². The van der Waals surface area contributed by atoms with Crippen molar-refractivity contribution < 1.29 is 19.1 Å². The maximum atomic E-state index is 12.8. The predicted octanol–water partition coefficient (Wildman–Crippen LogP) is 5.56. The van der Waals surface area contributed by atoms with Gasteiger partial charge in [-0.05, 0) is 59.0 Å². The summed E-state index contributed by atoms with van der Waals surface area (Å²) in [4.78, 5) is 30.6. The Morgan fingerprint density at radius 3 is 2.33 bits per heavy atom. The molecular weight excluding hydrogens is 454 g/mol. The maximum Gasteiger partial charge on any atom is 0.337 e. The molecule has 0 fully saturated rings. The van der Waals surface area contributed by atoms with Crippen molar-refractivity contribution in [1.82, 2.24) is 4.98 Å². The van der Waals surface area contributed by atoms with Gasteiger partial charge in [0.1, 0.15) is 6.61 Å². The number of ether oxygens (including phenoxy) is 2. The Morgan fingerprint density at radius 2 is 1.64 bits per heavy atom. The molecule has 0 aliphatic carbocycles. The van der Waals surface area contributed by atoms with Crippen LogP contribution in [0.1, 0.15) is 21.5 Å². The number of nitrogens with one attached hydrogen (secondary N) is 1. The first-order chi connectivity index (χ1) is 17.6. The van der Waals surface area contributed by atoms with E-state index in [0.29, 0.717) is 36.7 Å². The average molecular weight is 480 g/mol. The van der Waals surface area contributed by atoms with Crippen LogP contribution in [0.15, 0.2) is 91.1 Å². The van der Waals surface area contributed by atoms with Crippen molar-refractivity contribution in [3.05, 3.63) is 108 Å². The van der Waals surface area contributed by atoms with Gasteiger partial charge >= 0.3 is 12.0 Å². The highest BCUT2D eigenvalue weighted by atomic mass is 16.5. The van der Waals surface area contributed by atoms with Crippen molar-refractivity contribution in [2.75, 3.05) is 30.5 Å². The molecule has 2 heterocycles. The molecule has 0 unspecified atom stereocenters. The Balaban J connectivity index is 1.27. The first-order valence-electron chi connectivity index (χ1n) is 11.6. The third-order valence-electron chi connectivity index (χ3n) is 5.99. The number of amides is 2. The molecule has 1 N–H and O–H groups in total. The molecule has 0 saturated carbocycles. The van der Waals surface area contributed by atoms with Crippen LogP contribution in [0.2, 0.25) is 0 Å². The number of anilines is 2. The zero-order valence-electron chi connectivity index (χ0n) is 19.8. The second kappa shape index (κ2) is 10.3. The zero-order chi connectivity index (χ0) is 24.9. The topological polar surface area (TPSA) is 80.8 Å². The largest absolute Gasteiger partial charge is 0.488 e.